The summed E-state index contributed by atoms with van der Waals surface area (Å²) in [6.45, 7) is 4.94. The minimum absolute atomic E-state index is 0.179. The molecule has 18 heavy (non-hydrogen) atoms. The highest BCUT2D eigenvalue weighted by molar-refractivity contribution is 7.98. The summed E-state index contributed by atoms with van der Waals surface area (Å²) in [7, 11) is 0. The number of nitro groups is 1. The Labute approximate surface area is 112 Å². The van der Waals surface area contributed by atoms with Crippen molar-refractivity contribution in [3.8, 4) is 0 Å². The second-order valence-corrected chi connectivity index (χ2v) is 5.15. The first kappa shape index (κ1) is 14.8. The average Bonchev–Trinajstić information content (AvgIpc) is 2.37. The molecule has 0 aliphatic carbocycles. The van der Waals surface area contributed by atoms with Gasteiger partial charge in [0.2, 0.25) is 0 Å². The molecule has 1 rings (SSSR count). The van der Waals surface area contributed by atoms with Gasteiger partial charge in [0.15, 0.2) is 0 Å². The van der Waals surface area contributed by atoms with Gasteiger partial charge in [-0.1, -0.05) is 26.0 Å². The van der Waals surface area contributed by atoms with E-state index in [4.69, 9.17) is 0 Å². The molecule has 1 aromatic carbocycles. The van der Waals surface area contributed by atoms with E-state index in [9.17, 15) is 10.1 Å². The Kier molecular flexibility index (Phi) is 6.57. The molecule has 0 radical (unpaired) electrons. The second-order valence-electron chi connectivity index (χ2n) is 4.05. The largest absolute Gasteiger partial charge is 0.379 e. The molecular weight excluding hydrogens is 248 g/mol. The van der Waals surface area contributed by atoms with Crippen molar-refractivity contribution >= 4 is 23.1 Å². The van der Waals surface area contributed by atoms with E-state index < -0.39 is 0 Å². The number of benzene rings is 1. The fourth-order valence-corrected chi connectivity index (χ4v) is 2.53. The van der Waals surface area contributed by atoms with Crippen LogP contribution in [0, 0.1) is 10.1 Å². The summed E-state index contributed by atoms with van der Waals surface area (Å²) in [5.41, 5.74) is 1.89. The number of rotatable bonds is 8. The van der Waals surface area contributed by atoms with Crippen molar-refractivity contribution in [1.82, 2.24) is 0 Å². The molecule has 0 aliphatic rings. The lowest BCUT2D eigenvalue weighted by molar-refractivity contribution is -0.384. The molecule has 0 bridgehead atoms. The van der Waals surface area contributed by atoms with Gasteiger partial charge in [0.1, 0.15) is 5.69 Å². The van der Waals surface area contributed by atoms with Crippen LogP contribution in [-0.2, 0) is 5.75 Å². The molecule has 0 saturated carbocycles. The van der Waals surface area contributed by atoms with Gasteiger partial charge >= 0.3 is 0 Å². The van der Waals surface area contributed by atoms with E-state index in [0.29, 0.717) is 5.69 Å². The Bertz CT molecular complexity index is 397. The zero-order chi connectivity index (χ0) is 13.4. The first-order valence-corrected chi connectivity index (χ1v) is 7.44. The summed E-state index contributed by atoms with van der Waals surface area (Å²) in [4.78, 5) is 10.7. The number of nitrogens with zero attached hydrogens (tertiary/aromatic N) is 1. The highest BCUT2D eigenvalue weighted by Crippen LogP contribution is 2.30. The van der Waals surface area contributed by atoms with Crippen LogP contribution in [-0.4, -0.2) is 17.2 Å². The zero-order valence-electron chi connectivity index (χ0n) is 10.9. The monoisotopic (exact) mass is 268 g/mol. The number of hydrogen-bond donors (Lipinski definition) is 1. The van der Waals surface area contributed by atoms with E-state index >= 15 is 0 Å². The van der Waals surface area contributed by atoms with Gasteiger partial charge in [-0.3, -0.25) is 10.1 Å². The van der Waals surface area contributed by atoms with Gasteiger partial charge in [-0.05, 0) is 24.2 Å². The summed E-state index contributed by atoms with van der Waals surface area (Å²) in [5, 5.41) is 14.2. The van der Waals surface area contributed by atoms with Crippen LogP contribution in [0.5, 0.6) is 0 Å². The molecule has 5 heteroatoms. The number of hydrogen-bond acceptors (Lipinski definition) is 4. The maximum absolute atomic E-state index is 11.0. The molecule has 0 spiro atoms. The van der Waals surface area contributed by atoms with Crippen LogP contribution in [0.1, 0.15) is 32.3 Å². The molecule has 0 fully saturated rings. The summed E-state index contributed by atoms with van der Waals surface area (Å²) >= 11 is 1.81. The van der Waals surface area contributed by atoms with E-state index in [1.807, 2.05) is 24.8 Å². The zero-order valence-corrected chi connectivity index (χ0v) is 11.8. The molecule has 0 aromatic heterocycles. The van der Waals surface area contributed by atoms with E-state index in [-0.39, 0.29) is 10.6 Å². The van der Waals surface area contributed by atoms with Crippen LogP contribution in [0.15, 0.2) is 18.2 Å². The van der Waals surface area contributed by atoms with Gasteiger partial charge in [-0.15, -0.1) is 0 Å². The summed E-state index contributed by atoms with van der Waals surface area (Å²) in [6.07, 6.45) is 2.07. The third-order valence-corrected chi connectivity index (χ3v) is 3.70. The fraction of sp³-hybridized carbons (Fsp3) is 0.538. The van der Waals surface area contributed by atoms with Crippen molar-refractivity contribution in [2.45, 2.75) is 32.4 Å². The molecule has 0 amide bonds. The molecule has 0 atom stereocenters. The minimum atomic E-state index is -0.314. The lowest BCUT2D eigenvalue weighted by Crippen LogP contribution is -2.06. The highest BCUT2D eigenvalue weighted by Gasteiger charge is 2.16. The summed E-state index contributed by atoms with van der Waals surface area (Å²) < 4.78 is 0. The third kappa shape index (κ3) is 4.22. The first-order valence-electron chi connectivity index (χ1n) is 6.28. The molecule has 100 valence electrons. The van der Waals surface area contributed by atoms with Crippen LogP contribution in [0.3, 0.4) is 0 Å². The van der Waals surface area contributed by atoms with Gasteiger partial charge < -0.3 is 5.32 Å². The van der Waals surface area contributed by atoms with E-state index in [1.54, 1.807) is 12.1 Å². The predicted molar refractivity (Wildman–Crippen MR) is 78.3 cm³/mol. The SMILES string of the molecule is CCCNc1c(CSCCC)cccc1[N+](=O)[O-]. The Morgan fingerprint density at radius 1 is 1.33 bits per heavy atom. The van der Waals surface area contributed by atoms with Gasteiger partial charge in [-0.2, -0.15) is 11.8 Å². The van der Waals surface area contributed by atoms with Crippen LogP contribution in [0.25, 0.3) is 0 Å². The number of para-hydroxylation sites is 1. The minimum Gasteiger partial charge on any atom is -0.379 e. The van der Waals surface area contributed by atoms with Crippen molar-refractivity contribution in [3.63, 3.8) is 0 Å². The quantitative estimate of drug-likeness (QED) is 0.439. The molecule has 0 aliphatic heterocycles. The predicted octanol–water partition coefficient (Wildman–Crippen LogP) is 4.06. The summed E-state index contributed by atoms with van der Waals surface area (Å²) in [6, 6.07) is 5.29. The molecule has 0 saturated heterocycles. The lowest BCUT2D eigenvalue weighted by atomic mass is 10.1. The normalized spacial score (nSPS) is 10.3. The van der Waals surface area contributed by atoms with Crippen LogP contribution >= 0.6 is 11.8 Å². The maximum atomic E-state index is 11.0. The first-order chi connectivity index (χ1) is 8.70. The number of anilines is 1. The highest BCUT2D eigenvalue weighted by atomic mass is 32.2. The van der Waals surface area contributed by atoms with E-state index in [1.165, 1.54) is 0 Å². The van der Waals surface area contributed by atoms with Crippen molar-refractivity contribution < 1.29 is 4.92 Å². The van der Waals surface area contributed by atoms with Gasteiger partial charge in [-0.25, -0.2) is 0 Å². The van der Waals surface area contributed by atoms with Crippen molar-refractivity contribution in [3.05, 3.63) is 33.9 Å². The Balaban J connectivity index is 2.91. The summed E-state index contributed by atoms with van der Waals surface area (Å²) in [5.74, 6) is 1.90. The standard InChI is InChI=1S/C13H20N2O2S/c1-3-8-14-13-11(10-18-9-4-2)6-5-7-12(13)15(16)17/h5-7,14H,3-4,8-10H2,1-2H3. The number of thioether (sulfide) groups is 1. The topological polar surface area (TPSA) is 55.2 Å². The van der Waals surface area contributed by atoms with Crippen molar-refractivity contribution in [1.29, 1.82) is 0 Å². The Morgan fingerprint density at radius 3 is 2.72 bits per heavy atom. The van der Waals surface area contributed by atoms with Gasteiger partial charge in [0, 0.05) is 18.4 Å². The lowest BCUT2D eigenvalue weighted by Gasteiger charge is -2.11. The number of nitro benzene ring substituents is 1. The van der Waals surface area contributed by atoms with Crippen LogP contribution < -0.4 is 5.32 Å². The van der Waals surface area contributed by atoms with Gasteiger partial charge in [0.25, 0.3) is 5.69 Å². The molecule has 0 heterocycles. The Morgan fingerprint density at radius 2 is 2.11 bits per heavy atom. The van der Waals surface area contributed by atoms with Crippen molar-refractivity contribution in [2.24, 2.45) is 0 Å². The molecular formula is C13H20N2O2S. The fourth-order valence-electron chi connectivity index (χ4n) is 1.64. The average molecular weight is 268 g/mol. The smallest absolute Gasteiger partial charge is 0.292 e. The molecule has 4 nitrogen and oxygen atoms in total. The Hall–Kier alpha value is -1.23. The molecule has 0 unspecified atom stereocenters. The van der Waals surface area contributed by atoms with E-state index in [2.05, 4.69) is 12.2 Å². The van der Waals surface area contributed by atoms with Crippen LogP contribution in [0.2, 0.25) is 0 Å². The molecule has 1 aromatic rings. The maximum Gasteiger partial charge on any atom is 0.292 e. The second kappa shape index (κ2) is 7.97. The number of nitrogens with one attached hydrogen (secondary N) is 1. The third-order valence-electron chi connectivity index (χ3n) is 2.48. The van der Waals surface area contributed by atoms with Crippen LogP contribution in [0.4, 0.5) is 11.4 Å². The molecule has 1 N–H and O–H groups in total. The van der Waals surface area contributed by atoms with Gasteiger partial charge in [0.05, 0.1) is 4.92 Å². The van der Waals surface area contributed by atoms with Crippen molar-refractivity contribution in [2.75, 3.05) is 17.6 Å². The van der Waals surface area contributed by atoms with E-state index in [0.717, 1.165) is 36.5 Å².